The number of ether oxygens (including phenoxy) is 4. The van der Waals surface area contributed by atoms with Gasteiger partial charge in [0.2, 0.25) is 0 Å². The Morgan fingerprint density at radius 3 is 0.721 bits per heavy atom. The van der Waals surface area contributed by atoms with Gasteiger partial charge in [-0.1, -0.05) is 274 Å². The summed E-state index contributed by atoms with van der Waals surface area (Å²) >= 11 is 0. The van der Waals surface area contributed by atoms with E-state index in [1.54, 1.807) is 0 Å². The molecule has 0 aliphatic heterocycles. The van der Waals surface area contributed by atoms with Gasteiger partial charge < -0.3 is 33.8 Å². The van der Waals surface area contributed by atoms with Gasteiger partial charge in [0.15, 0.2) is 12.2 Å². The first kappa shape index (κ1) is 84.1. The third kappa shape index (κ3) is 60.9. The third-order valence-electron chi connectivity index (χ3n) is 15.3. The lowest BCUT2D eigenvalue weighted by Crippen LogP contribution is -2.30. The highest BCUT2D eigenvalue weighted by atomic mass is 31.2. The zero-order valence-electron chi connectivity index (χ0n) is 55.9. The summed E-state index contributed by atoms with van der Waals surface area (Å²) in [7, 11) is -9.90. The Hall–Kier alpha value is -1.94. The van der Waals surface area contributed by atoms with Crippen LogP contribution in [0, 0.1) is 23.7 Å². The predicted octanol–water partition coefficient (Wildman–Crippen LogP) is 18.5. The van der Waals surface area contributed by atoms with Gasteiger partial charge in [-0.05, 0) is 49.4 Å². The van der Waals surface area contributed by atoms with Crippen molar-refractivity contribution in [1.29, 1.82) is 0 Å². The molecule has 0 aromatic heterocycles. The Balaban J connectivity index is 5.25. The van der Waals surface area contributed by atoms with Crippen LogP contribution in [0.4, 0.5) is 0 Å². The summed E-state index contributed by atoms with van der Waals surface area (Å²) in [5.74, 6) is 0.771. The summed E-state index contributed by atoms with van der Waals surface area (Å²) < 4.78 is 68.1. The number of phosphoric ester groups is 2. The largest absolute Gasteiger partial charge is 0.472 e. The SMILES string of the molecule is CC(C)CCCCCCCCCCCCCC(=O)O[C@H](COC(=O)CCCCCCCCCCC(C)C)COP(=O)(O)OC[C@@H](O)COP(=O)(O)OC[C@@H](COC(=O)CCCCCCCCC(C)C)OC(=O)CCCCCCCCCCCC(C)C. The van der Waals surface area contributed by atoms with Gasteiger partial charge in [-0.2, -0.15) is 0 Å². The van der Waals surface area contributed by atoms with Crippen molar-refractivity contribution in [2.75, 3.05) is 39.6 Å². The molecule has 3 N–H and O–H groups in total. The molecule has 17 nitrogen and oxygen atoms in total. The minimum atomic E-state index is -4.95. The lowest BCUT2D eigenvalue weighted by molar-refractivity contribution is -0.161. The van der Waals surface area contributed by atoms with E-state index in [2.05, 4.69) is 55.4 Å². The molecule has 2 unspecified atom stereocenters. The molecule has 5 atom stereocenters. The summed E-state index contributed by atoms with van der Waals surface area (Å²) in [5, 5.41) is 10.6. The molecular weight excluding hydrogens is 1140 g/mol. The van der Waals surface area contributed by atoms with E-state index in [1.807, 2.05) is 0 Å². The highest BCUT2D eigenvalue weighted by Crippen LogP contribution is 2.45. The minimum absolute atomic E-state index is 0.104. The van der Waals surface area contributed by atoms with E-state index >= 15 is 0 Å². The molecule has 0 fully saturated rings. The molecule has 0 rings (SSSR count). The lowest BCUT2D eigenvalue weighted by Gasteiger charge is -2.21. The van der Waals surface area contributed by atoms with E-state index in [0.29, 0.717) is 31.6 Å². The fraction of sp³-hybridized carbons (Fsp3) is 0.940. The maximum absolute atomic E-state index is 13.0. The molecule has 0 saturated carbocycles. The molecule has 0 heterocycles. The summed E-state index contributed by atoms with van der Waals surface area (Å²) in [5.41, 5.74) is 0. The molecule has 0 saturated heterocycles. The van der Waals surface area contributed by atoms with E-state index in [0.717, 1.165) is 114 Å². The van der Waals surface area contributed by atoms with Crippen molar-refractivity contribution in [3.05, 3.63) is 0 Å². The van der Waals surface area contributed by atoms with Crippen molar-refractivity contribution < 1.29 is 80.2 Å². The predicted molar refractivity (Wildman–Crippen MR) is 344 cm³/mol. The topological polar surface area (TPSA) is 237 Å². The number of aliphatic hydroxyl groups excluding tert-OH is 1. The van der Waals surface area contributed by atoms with Crippen molar-refractivity contribution in [3.8, 4) is 0 Å². The standard InChI is InChI=1S/C67H130O17P2/c1-57(2)43-35-27-19-13-10-9-11-15-23-33-41-49-66(71)83-62(53-77-64(69)47-39-31-22-18-17-21-29-37-45-59(5)6)55-81-85(73,74)79-51-61(68)52-80-86(75,76)82-56-63(54-78-65(70)48-40-32-26-25-30-38-46-60(7)8)84-67(72)50-42-34-24-16-12-14-20-28-36-44-58(3)4/h57-63,68H,9-56H2,1-8H3,(H,73,74)(H,75,76)/t61-,62-,63-/m1/s1. The van der Waals surface area contributed by atoms with Crippen LogP contribution in [0.15, 0.2) is 0 Å². The van der Waals surface area contributed by atoms with Crippen LogP contribution in [0.1, 0.15) is 325 Å². The molecule has 0 aliphatic rings. The van der Waals surface area contributed by atoms with E-state index in [-0.39, 0.29) is 25.7 Å². The maximum Gasteiger partial charge on any atom is 0.472 e. The molecular formula is C67H130O17P2. The van der Waals surface area contributed by atoms with Gasteiger partial charge in [0, 0.05) is 25.7 Å². The summed E-state index contributed by atoms with van der Waals surface area (Å²) in [6.45, 7) is 14.0. The molecule has 0 aromatic rings. The van der Waals surface area contributed by atoms with Crippen molar-refractivity contribution in [2.45, 2.75) is 343 Å². The molecule has 510 valence electrons. The van der Waals surface area contributed by atoms with Gasteiger partial charge in [0.1, 0.15) is 19.3 Å². The van der Waals surface area contributed by atoms with Gasteiger partial charge in [0.25, 0.3) is 0 Å². The van der Waals surface area contributed by atoms with Gasteiger partial charge in [-0.25, -0.2) is 9.13 Å². The fourth-order valence-electron chi connectivity index (χ4n) is 9.96. The van der Waals surface area contributed by atoms with Crippen LogP contribution in [-0.2, 0) is 65.4 Å². The quantitative estimate of drug-likeness (QED) is 0.0222. The number of esters is 4. The fourth-order valence-corrected chi connectivity index (χ4v) is 11.5. The molecule has 0 bridgehead atoms. The Morgan fingerprint density at radius 1 is 0.291 bits per heavy atom. The van der Waals surface area contributed by atoms with E-state index in [9.17, 15) is 43.2 Å². The van der Waals surface area contributed by atoms with E-state index in [4.69, 9.17) is 37.0 Å². The van der Waals surface area contributed by atoms with Gasteiger partial charge in [-0.15, -0.1) is 0 Å². The van der Waals surface area contributed by atoms with Crippen molar-refractivity contribution in [3.63, 3.8) is 0 Å². The molecule has 0 aliphatic carbocycles. The van der Waals surface area contributed by atoms with Crippen molar-refractivity contribution in [1.82, 2.24) is 0 Å². The highest BCUT2D eigenvalue weighted by molar-refractivity contribution is 7.47. The Morgan fingerprint density at radius 2 is 0.488 bits per heavy atom. The van der Waals surface area contributed by atoms with Crippen LogP contribution < -0.4 is 0 Å². The first-order valence-electron chi connectivity index (χ1n) is 34.7. The molecule has 0 radical (unpaired) electrons. The number of hydrogen-bond acceptors (Lipinski definition) is 15. The summed E-state index contributed by atoms with van der Waals surface area (Å²) in [4.78, 5) is 72.3. The van der Waals surface area contributed by atoms with Gasteiger partial charge >= 0.3 is 39.5 Å². The Bertz CT molecular complexity index is 1710. The zero-order valence-corrected chi connectivity index (χ0v) is 57.7. The van der Waals surface area contributed by atoms with Gasteiger partial charge in [0.05, 0.1) is 26.4 Å². The monoisotopic (exact) mass is 1270 g/mol. The average Bonchev–Trinajstić information content (AvgIpc) is 3.53. The summed E-state index contributed by atoms with van der Waals surface area (Å²) in [6.07, 6.45) is 37.7. The van der Waals surface area contributed by atoms with E-state index in [1.165, 1.54) is 122 Å². The first-order valence-corrected chi connectivity index (χ1v) is 37.7. The average molecular weight is 1270 g/mol. The Labute approximate surface area is 524 Å². The number of carbonyl (C=O) groups is 4. The number of phosphoric acid groups is 2. The Kier molecular flexibility index (Phi) is 55.7. The molecule has 0 aromatic carbocycles. The first-order chi connectivity index (χ1) is 41.1. The number of carbonyl (C=O) groups excluding carboxylic acids is 4. The number of aliphatic hydroxyl groups is 1. The van der Waals surface area contributed by atoms with Crippen LogP contribution in [0.2, 0.25) is 0 Å². The van der Waals surface area contributed by atoms with Gasteiger partial charge in [-0.3, -0.25) is 37.3 Å². The minimum Gasteiger partial charge on any atom is -0.462 e. The smallest absolute Gasteiger partial charge is 0.462 e. The number of rotatable bonds is 64. The van der Waals surface area contributed by atoms with Crippen molar-refractivity contribution >= 4 is 39.5 Å². The summed E-state index contributed by atoms with van der Waals surface area (Å²) in [6, 6.07) is 0. The molecule has 86 heavy (non-hydrogen) atoms. The van der Waals surface area contributed by atoms with Crippen molar-refractivity contribution in [2.24, 2.45) is 23.7 Å². The van der Waals surface area contributed by atoms with Crippen LogP contribution in [0.5, 0.6) is 0 Å². The second kappa shape index (κ2) is 57.0. The van der Waals surface area contributed by atoms with E-state index < -0.39 is 97.5 Å². The molecule has 0 spiro atoms. The zero-order chi connectivity index (χ0) is 63.9. The van der Waals surface area contributed by atoms with Crippen LogP contribution in [0.25, 0.3) is 0 Å². The molecule has 19 heteroatoms. The normalized spacial score (nSPS) is 14.4. The number of unbranched alkanes of at least 4 members (excludes halogenated alkanes) is 30. The van der Waals surface area contributed by atoms with Crippen LogP contribution >= 0.6 is 15.6 Å². The lowest BCUT2D eigenvalue weighted by atomic mass is 10.0. The second-order valence-electron chi connectivity index (χ2n) is 26.1. The van der Waals surface area contributed by atoms with Crippen LogP contribution in [-0.4, -0.2) is 96.7 Å². The molecule has 0 amide bonds. The van der Waals surface area contributed by atoms with Crippen LogP contribution in [0.3, 0.4) is 0 Å². The second-order valence-corrected chi connectivity index (χ2v) is 29.0. The highest BCUT2D eigenvalue weighted by Gasteiger charge is 2.30. The maximum atomic E-state index is 13.0. The number of hydrogen-bond donors (Lipinski definition) is 3. The third-order valence-corrected chi connectivity index (χ3v) is 17.2.